The third-order valence-electron chi connectivity index (χ3n) is 7.90. The summed E-state index contributed by atoms with van der Waals surface area (Å²) in [6.07, 6.45) is 1.73. The van der Waals surface area contributed by atoms with Gasteiger partial charge in [0.1, 0.15) is 16.4 Å². The third kappa shape index (κ3) is 4.11. The summed E-state index contributed by atoms with van der Waals surface area (Å²) >= 11 is 0. The Morgan fingerprint density at radius 3 is 2.06 bits per heavy atom. The molecule has 0 aromatic heterocycles. The van der Waals surface area contributed by atoms with Crippen molar-refractivity contribution in [1.29, 1.82) is 0 Å². The number of fused-ring (bicyclic) bond motifs is 2. The minimum absolute atomic E-state index is 0.0482. The Kier molecular flexibility index (Phi) is 7.66. The topological polar surface area (TPSA) is 86.7 Å². The van der Waals surface area contributed by atoms with E-state index in [0.717, 1.165) is 0 Å². The van der Waals surface area contributed by atoms with Crippen LogP contribution in [0.5, 0.6) is 0 Å². The fourth-order valence-electron chi connectivity index (χ4n) is 6.44. The summed E-state index contributed by atoms with van der Waals surface area (Å²) in [7, 11) is -4.84. The van der Waals surface area contributed by atoms with E-state index in [1.54, 1.807) is 24.3 Å². The predicted octanol–water partition coefficient (Wildman–Crippen LogP) is 5.10. The summed E-state index contributed by atoms with van der Waals surface area (Å²) in [5, 5.41) is -1.38. The van der Waals surface area contributed by atoms with Crippen molar-refractivity contribution in [2.45, 2.75) is 81.2 Å². The van der Waals surface area contributed by atoms with Crippen molar-refractivity contribution in [1.82, 2.24) is 0 Å². The van der Waals surface area contributed by atoms with Crippen LogP contribution in [0.1, 0.15) is 54.4 Å². The average molecular weight is 507 g/mol. The minimum atomic E-state index is -4.00. The summed E-state index contributed by atoms with van der Waals surface area (Å²) in [5.74, 6) is -1.21. The molecule has 1 aromatic rings. The van der Waals surface area contributed by atoms with Crippen molar-refractivity contribution in [3.63, 3.8) is 0 Å². The third-order valence-corrected chi connectivity index (χ3v) is 16.1. The number of ether oxygens (including phenoxy) is 1. The van der Waals surface area contributed by atoms with Crippen LogP contribution >= 0.6 is 0 Å². The molecule has 1 fully saturated rings. The van der Waals surface area contributed by atoms with Gasteiger partial charge in [0.15, 0.2) is 29.7 Å². The highest BCUT2D eigenvalue weighted by Gasteiger charge is 2.61. The van der Waals surface area contributed by atoms with Gasteiger partial charge in [-0.1, -0.05) is 59.7 Å². The average Bonchev–Trinajstić information content (AvgIpc) is 2.75. The normalized spacial score (nSPS) is 25.8. The van der Waals surface area contributed by atoms with Gasteiger partial charge < -0.3 is 9.16 Å². The summed E-state index contributed by atoms with van der Waals surface area (Å²) in [6, 6.07) is 7.92. The molecule has 1 aromatic carbocycles. The van der Waals surface area contributed by atoms with E-state index in [2.05, 4.69) is 41.5 Å². The van der Waals surface area contributed by atoms with Crippen LogP contribution in [0.25, 0.3) is 0 Å². The van der Waals surface area contributed by atoms with E-state index in [4.69, 9.17) is 9.16 Å². The van der Waals surface area contributed by atoms with Gasteiger partial charge >= 0.3 is 0 Å². The zero-order chi connectivity index (χ0) is 25.5. The lowest BCUT2D eigenvalue weighted by Crippen LogP contribution is -2.60. The number of Topliss-reactive ketones (excluding diaryl/α,β-unsaturated/α-hetero) is 2. The number of ketones is 2. The first-order chi connectivity index (χ1) is 15.9. The minimum Gasteiger partial charge on any atom is -0.500 e. The van der Waals surface area contributed by atoms with Crippen LogP contribution in [0.3, 0.4) is 0 Å². The van der Waals surface area contributed by atoms with Crippen molar-refractivity contribution >= 4 is 29.7 Å². The van der Waals surface area contributed by atoms with Gasteiger partial charge in [-0.2, -0.15) is 0 Å². The van der Waals surface area contributed by atoms with Crippen molar-refractivity contribution in [3.05, 3.63) is 42.2 Å². The lowest BCUT2D eigenvalue weighted by molar-refractivity contribution is -0.146. The number of carbonyl (C=O) groups excluding carboxylic acids is 2. The fraction of sp³-hybridized carbons (Fsp3) is 0.615. The number of sulfone groups is 1. The van der Waals surface area contributed by atoms with Crippen molar-refractivity contribution in [2.24, 2.45) is 11.3 Å². The second-order valence-corrected chi connectivity index (χ2v) is 18.1. The van der Waals surface area contributed by atoms with Crippen LogP contribution in [0.4, 0.5) is 0 Å². The Bertz CT molecular complexity index is 1040. The first-order valence-electron chi connectivity index (χ1n) is 12.1. The molecule has 0 amide bonds. The standard InChI is InChI=1S/C26H38O6SSi/c1-17(2)34(18(3)4,19(5)6)32-16-26-15-22(27)24(21(25(26)28)13-14-23(26)31-7)33(29,30)20-11-9-8-10-12-20/h8-12,14,17-19,21,24H,13,15-16H2,1-7H3/t21-,24-,26-/m1/s1. The molecule has 0 spiro atoms. The smallest absolute Gasteiger partial charge is 0.200 e. The molecule has 6 nitrogen and oxygen atoms in total. The predicted molar refractivity (Wildman–Crippen MR) is 135 cm³/mol. The van der Waals surface area contributed by atoms with Gasteiger partial charge in [-0.25, -0.2) is 8.42 Å². The summed E-state index contributed by atoms with van der Waals surface area (Å²) in [5.41, 5.74) is -0.356. The van der Waals surface area contributed by atoms with Crippen LogP contribution in [0.2, 0.25) is 16.6 Å². The van der Waals surface area contributed by atoms with E-state index in [9.17, 15) is 18.0 Å². The Balaban J connectivity index is 2.04. The van der Waals surface area contributed by atoms with E-state index in [0.29, 0.717) is 22.4 Å². The molecule has 0 heterocycles. The highest BCUT2D eigenvalue weighted by Crippen LogP contribution is 2.51. The Morgan fingerprint density at radius 2 is 1.56 bits per heavy atom. The molecule has 8 heteroatoms. The maximum Gasteiger partial charge on any atom is 0.200 e. The lowest BCUT2D eigenvalue weighted by atomic mass is 9.63. The van der Waals surface area contributed by atoms with Crippen LogP contribution in [0.15, 0.2) is 47.1 Å². The molecule has 1 saturated carbocycles. The number of rotatable bonds is 9. The molecule has 0 N–H and O–H groups in total. The molecule has 3 atom stereocenters. The molecule has 188 valence electrons. The zero-order valence-electron chi connectivity index (χ0n) is 21.3. The number of allylic oxidation sites excluding steroid dienone is 1. The monoisotopic (exact) mass is 506 g/mol. The Hall–Kier alpha value is -1.77. The van der Waals surface area contributed by atoms with Crippen molar-refractivity contribution < 1.29 is 27.2 Å². The summed E-state index contributed by atoms with van der Waals surface area (Å²) in [6.45, 7) is 13.0. The largest absolute Gasteiger partial charge is 0.500 e. The molecular formula is C26H38O6SSi. The first kappa shape index (κ1) is 26.8. The molecule has 2 aliphatic rings. The number of methoxy groups -OCH3 is 1. The molecule has 0 saturated heterocycles. The number of carbonyl (C=O) groups is 2. The van der Waals surface area contributed by atoms with Crippen LogP contribution < -0.4 is 0 Å². The van der Waals surface area contributed by atoms with Gasteiger partial charge in [0.25, 0.3) is 0 Å². The van der Waals surface area contributed by atoms with Crippen molar-refractivity contribution in [2.75, 3.05) is 13.7 Å². The molecule has 0 radical (unpaired) electrons. The summed E-state index contributed by atoms with van der Waals surface area (Å²) in [4.78, 5) is 27.5. The van der Waals surface area contributed by atoms with Gasteiger partial charge in [-0.15, -0.1) is 0 Å². The van der Waals surface area contributed by atoms with E-state index in [1.165, 1.54) is 19.2 Å². The van der Waals surface area contributed by atoms with Gasteiger partial charge in [-0.3, -0.25) is 9.59 Å². The molecule has 0 aliphatic heterocycles. The van der Waals surface area contributed by atoms with Gasteiger partial charge in [0.05, 0.1) is 18.6 Å². The van der Waals surface area contributed by atoms with Crippen LogP contribution in [-0.2, 0) is 28.6 Å². The summed E-state index contributed by atoms with van der Waals surface area (Å²) < 4.78 is 39.3. The van der Waals surface area contributed by atoms with E-state index in [1.807, 2.05) is 0 Å². The second-order valence-electron chi connectivity index (χ2n) is 10.6. The lowest BCUT2D eigenvalue weighted by Gasteiger charge is -2.48. The number of hydrogen-bond acceptors (Lipinski definition) is 6. The van der Waals surface area contributed by atoms with Gasteiger partial charge in [0.2, 0.25) is 0 Å². The highest BCUT2D eigenvalue weighted by atomic mass is 32.2. The quantitative estimate of drug-likeness (QED) is 0.433. The second kappa shape index (κ2) is 9.70. The van der Waals surface area contributed by atoms with Crippen molar-refractivity contribution in [3.8, 4) is 0 Å². The van der Waals surface area contributed by atoms with E-state index >= 15 is 0 Å². The van der Waals surface area contributed by atoms with Crippen LogP contribution in [-0.4, -0.2) is 47.3 Å². The van der Waals surface area contributed by atoms with E-state index in [-0.39, 0.29) is 30.1 Å². The zero-order valence-corrected chi connectivity index (χ0v) is 23.1. The fourth-order valence-corrected chi connectivity index (χ4v) is 13.9. The number of hydrogen-bond donors (Lipinski definition) is 0. The van der Waals surface area contributed by atoms with Gasteiger partial charge in [0, 0.05) is 12.3 Å². The van der Waals surface area contributed by atoms with Gasteiger partial charge in [-0.05, 0) is 41.3 Å². The number of benzene rings is 1. The molecule has 0 unspecified atom stereocenters. The highest BCUT2D eigenvalue weighted by molar-refractivity contribution is 7.92. The molecule has 2 aliphatic carbocycles. The maximum absolute atomic E-state index is 14.0. The van der Waals surface area contributed by atoms with E-state index < -0.39 is 40.5 Å². The first-order valence-corrected chi connectivity index (χ1v) is 15.8. The van der Waals surface area contributed by atoms with Crippen LogP contribution in [0, 0.1) is 11.3 Å². The SMILES string of the molecule is COC1=CC[C@H]2C(=O)[C@@]1(CO[Si](C(C)C)(C(C)C)C(C)C)CC(=O)[C@@H]2S(=O)(=O)c1ccccc1. The molecule has 34 heavy (non-hydrogen) atoms. The molecular weight excluding hydrogens is 468 g/mol. The maximum atomic E-state index is 14.0. The Labute approximate surface area is 205 Å². The Morgan fingerprint density at radius 1 is 1.00 bits per heavy atom. The molecule has 3 rings (SSSR count). The molecule has 2 bridgehead atoms.